The van der Waals surface area contributed by atoms with Gasteiger partial charge in [-0.3, -0.25) is 9.78 Å². The normalized spacial score (nSPS) is 11.3. The van der Waals surface area contributed by atoms with Crippen molar-refractivity contribution in [1.29, 1.82) is 0 Å². The first-order chi connectivity index (χ1) is 12.1. The Hall–Kier alpha value is -2.65. The largest absolute Gasteiger partial charge is 0.353 e. The molecule has 4 rings (SSSR count). The number of H-pyrrole nitrogens is 1. The lowest BCUT2D eigenvalue weighted by Crippen LogP contribution is -2.01. The number of hydrogen-bond acceptors (Lipinski definition) is 2. The lowest BCUT2D eigenvalue weighted by molar-refractivity contribution is 0.0983. The highest BCUT2D eigenvalue weighted by molar-refractivity contribution is 6.31. The molecule has 2 heterocycles. The minimum Gasteiger partial charge on any atom is -0.353 e. The molecular weight excluding hydrogens is 332 g/mol. The number of carbonyl (C=O) groups excluding carboxylic acids is 1. The van der Waals surface area contributed by atoms with E-state index in [9.17, 15) is 4.79 Å². The van der Waals surface area contributed by atoms with E-state index in [1.807, 2.05) is 61.7 Å². The summed E-state index contributed by atoms with van der Waals surface area (Å²) < 4.78 is 0. The van der Waals surface area contributed by atoms with Crippen molar-refractivity contribution in [2.24, 2.45) is 0 Å². The summed E-state index contributed by atoms with van der Waals surface area (Å²) in [7, 11) is 0. The average molecular weight is 349 g/mol. The Labute approximate surface area is 150 Å². The van der Waals surface area contributed by atoms with Gasteiger partial charge in [-0.25, -0.2) is 0 Å². The van der Waals surface area contributed by atoms with Crippen LogP contribution in [0.5, 0.6) is 0 Å². The van der Waals surface area contributed by atoms with Gasteiger partial charge in [-0.2, -0.15) is 0 Å². The van der Waals surface area contributed by atoms with E-state index < -0.39 is 0 Å². The number of hydrogen-bond donors (Lipinski definition) is 1. The predicted molar refractivity (Wildman–Crippen MR) is 102 cm³/mol. The van der Waals surface area contributed by atoms with Gasteiger partial charge in [0.2, 0.25) is 0 Å². The second-order valence-corrected chi connectivity index (χ2v) is 6.63. The summed E-state index contributed by atoms with van der Waals surface area (Å²) in [6, 6.07) is 15.5. The third-order valence-electron chi connectivity index (χ3n) is 4.61. The van der Waals surface area contributed by atoms with Gasteiger partial charge in [0, 0.05) is 39.5 Å². The smallest absolute Gasteiger partial charge is 0.163 e. The molecule has 0 aliphatic rings. The second-order valence-electron chi connectivity index (χ2n) is 6.22. The van der Waals surface area contributed by atoms with Gasteiger partial charge in [0.25, 0.3) is 0 Å². The maximum Gasteiger partial charge on any atom is 0.163 e. The van der Waals surface area contributed by atoms with Crippen LogP contribution in [0.2, 0.25) is 5.02 Å². The van der Waals surface area contributed by atoms with E-state index in [1.54, 1.807) is 0 Å². The molecule has 0 fully saturated rings. The van der Waals surface area contributed by atoms with Crippen molar-refractivity contribution in [3.8, 4) is 0 Å². The number of ketones is 1. The van der Waals surface area contributed by atoms with E-state index in [0.717, 1.165) is 38.6 Å². The molecule has 0 atom stereocenters. The number of rotatable bonds is 4. The molecule has 4 heteroatoms. The zero-order valence-electron chi connectivity index (χ0n) is 13.8. The van der Waals surface area contributed by atoms with Gasteiger partial charge < -0.3 is 4.98 Å². The third kappa shape index (κ3) is 2.92. The van der Waals surface area contributed by atoms with Gasteiger partial charge in [-0.15, -0.1) is 0 Å². The van der Waals surface area contributed by atoms with Crippen LogP contribution >= 0.6 is 11.6 Å². The number of halogens is 1. The molecule has 0 unspecified atom stereocenters. The molecule has 0 radical (unpaired) electrons. The van der Waals surface area contributed by atoms with Crippen LogP contribution in [0, 0.1) is 6.92 Å². The van der Waals surface area contributed by atoms with Crippen molar-refractivity contribution in [1.82, 2.24) is 9.97 Å². The molecule has 0 saturated carbocycles. The number of aromatic amines is 1. The Morgan fingerprint density at radius 3 is 2.80 bits per heavy atom. The molecule has 124 valence electrons. The zero-order valence-corrected chi connectivity index (χ0v) is 14.6. The summed E-state index contributed by atoms with van der Waals surface area (Å²) in [5, 5.41) is 2.96. The number of pyridine rings is 1. The number of nitrogens with zero attached hydrogens (tertiary/aromatic N) is 1. The minimum atomic E-state index is 0.121. The molecule has 0 aliphatic heterocycles. The molecule has 0 amide bonds. The summed E-state index contributed by atoms with van der Waals surface area (Å²) in [6.07, 6.45) is 2.90. The van der Waals surface area contributed by atoms with Crippen LogP contribution in [0.4, 0.5) is 0 Å². The molecule has 0 spiro atoms. The SMILES string of the molecule is Cc1nccc2c1[nH]c1cc(C(=O)CCc3ccccc3Cl)ccc12. The van der Waals surface area contributed by atoms with Crippen molar-refractivity contribution < 1.29 is 4.79 Å². The maximum atomic E-state index is 12.6. The first-order valence-corrected chi connectivity index (χ1v) is 8.65. The molecule has 0 saturated heterocycles. The highest BCUT2D eigenvalue weighted by Crippen LogP contribution is 2.27. The Balaban J connectivity index is 1.63. The summed E-state index contributed by atoms with van der Waals surface area (Å²) in [6.45, 7) is 1.98. The fraction of sp³-hybridized carbons (Fsp3) is 0.143. The van der Waals surface area contributed by atoms with Crippen molar-refractivity contribution >= 4 is 39.2 Å². The Morgan fingerprint density at radius 2 is 1.96 bits per heavy atom. The van der Waals surface area contributed by atoms with Gasteiger partial charge in [0.15, 0.2) is 5.78 Å². The first-order valence-electron chi connectivity index (χ1n) is 8.27. The van der Waals surface area contributed by atoms with Crippen LogP contribution in [0.15, 0.2) is 54.7 Å². The van der Waals surface area contributed by atoms with Gasteiger partial charge in [-0.05, 0) is 37.1 Å². The van der Waals surface area contributed by atoms with E-state index in [1.165, 1.54) is 0 Å². The van der Waals surface area contributed by atoms with Gasteiger partial charge >= 0.3 is 0 Å². The lowest BCUT2D eigenvalue weighted by Gasteiger charge is -2.04. The summed E-state index contributed by atoms with van der Waals surface area (Å²) in [5.41, 5.74) is 4.68. The average Bonchev–Trinajstić information content (AvgIpc) is 3.00. The predicted octanol–water partition coefficient (Wildman–Crippen LogP) is 5.49. The number of fused-ring (bicyclic) bond motifs is 3. The highest BCUT2D eigenvalue weighted by atomic mass is 35.5. The van der Waals surface area contributed by atoms with E-state index in [0.29, 0.717) is 17.9 Å². The molecule has 3 nitrogen and oxygen atoms in total. The van der Waals surface area contributed by atoms with E-state index in [-0.39, 0.29) is 5.78 Å². The van der Waals surface area contributed by atoms with Crippen molar-refractivity contribution in [3.05, 3.63) is 76.6 Å². The zero-order chi connectivity index (χ0) is 17.4. The Morgan fingerprint density at radius 1 is 1.12 bits per heavy atom. The Kier molecular flexibility index (Phi) is 4.02. The number of benzene rings is 2. The standard InChI is InChI=1S/C21H17ClN2O/c1-13-21-17(10-11-23-13)16-8-6-15(12-19(16)24-21)20(25)9-7-14-4-2-3-5-18(14)22/h2-6,8,10-12,24H,7,9H2,1H3. The fourth-order valence-electron chi connectivity index (χ4n) is 3.23. The summed E-state index contributed by atoms with van der Waals surface area (Å²) >= 11 is 6.17. The fourth-order valence-corrected chi connectivity index (χ4v) is 3.46. The van der Waals surface area contributed by atoms with E-state index in [2.05, 4.69) is 9.97 Å². The molecule has 2 aromatic heterocycles. The molecule has 25 heavy (non-hydrogen) atoms. The van der Waals surface area contributed by atoms with Gasteiger partial charge in [0.05, 0.1) is 11.2 Å². The van der Waals surface area contributed by atoms with E-state index in [4.69, 9.17) is 11.6 Å². The van der Waals surface area contributed by atoms with Crippen LogP contribution in [-0.4, -0.2) is 15.8 Å². The summed E-state index contributed by atoms with van der Waals surface area (Å²) in [5.74, 6) is 0.121. The number of aromatic nitrogens is 2. The third-order valence-corrected chi connectivity index (χ3v) is 4.98. The molecule has 0 bridgehead atoms. The number of carbonyl (C=O) groups is 1. The van der Waals surface area contributed by atoms with Crippen LogP contribution in [-0.2, 0) is 6.42 Å². The van der Waals surface area contributed by atoms with Crippen LogP contribution in [0.3, 0.4) is 0 Å². The van der Waals surface area contributed by atoms with Crippen LogP contribution in [0.25, 0.3) is 21.8 Å². The van der Waals surface area contributed by atoms with Crippen LogP contribution < -0.4 is 0 Å². The topological polar surface area (TPSA) is 45.8 Å². The van der Waals surface area contributed by atoms with Crippen molar-refractivity contribution in [3.63, 3.8) is 0 Å². The lowest BCUT2D eigenvalue weighted by atomic mass is 10.0. The molecule has 2 aromatic carbocycles. The quantitative estimate of drug-likeness (QED) is 0.495. The number of aryl methyl sites for hydroxylation is 2. The van der Waals surface area contributed by atoms with Crippen LogP contribution in [0.1, 0.15) is 28.0 Å². The molecular formula is C21H17ClN2O. The highest BCUT2D eigenvalue weighted by Gasteiger charge is 2.11. The summed E-state index contributed by atoms with van der Waals surface area (Å²) in [4.78, 5) is 20.3. The monoisotopic (exact) mass is 348 g/mol. The first kappa shape index (κ1) is 15.9. The van der Waals surface area contributed by atoms with Crippen molar-refractivity contribution in [2.45, 2.75) is 19.8 Å². The molecule has 1 N–H and O–H groups in total. The number of Topliss-reactive ketones (excluding diaryl/α,β-unsaturated/α-hetero) is 1. The maximum absolute atomic E-state index is 12.6. The van der Waals surface area contributed by atoms with E-state index >= 15 is 0 Å². The van der Waals surface area contributed by atoms with Gasteiger partial charge in [0.1, 0.15) is 0 Å². The second kappa shape index (κ2) is 6.34. The molecule has 0 aliphatic carbocycles. The number of nitrogens with one attached hydrogen (secondary N) is 1. The Bertz CT molecular complexity index is 1100. The molecule has 4 aromatic rings. The minimum absolute atomic E-state index is 0.121. The van der Waals surface area contributed by atoms with Crippen molar-refractivity contribution in [2.75, 3.05) is 0 Å². The van der Waals surface area contributed by atoms with Gasteiger partial charge in [-0.1, -0.05) is 41.9 Å².